The van der Waals surface area contributed by atoms with E-state index < -0.39 is 17.1 Å². The summed E-state index contributed by atoms with van der Waals surface area (Å²) in [6.07, 6.45) is 3.13. The number of amides is 3. The molecular weight excluding hydrogens is 476 g/mol. The minimum absolute atomic E-state index is 0.183. The van der Waals surface area contributed by atoms with Gasteiger partial charge in [0.2, 0.25) is 5.91 Å². The minimum Gasteiger partial charge on any atom is -0.490 e. The molecule has 0 radical (unpaired) electrons. The number of nitrogens with zero attached hydrogens (tertiary/aromatic N) is 1. The van der Waals surface area contributed by atoms with Gasteiger partial charge in [-0.1, -0.05) is 42.0 Å². The van der Waals surface area contributed by atoms with Gasteiger partial charge in [-0.05, 0) is 67.9 Å². The van der Waals surface area contributed by atoms with Crippen LogP contribution in [0.4, 0.5) is 10.5 Å². The number of carbonyl (C=O) groups is 3. The third kappa shape index (κ3) is 6.01. The maximum Gasteiger partial charge on any atom is 0.294 e. The van der Waals surface area contributed by atoms with Crippen molar-refractivity contribution in [2.75, 3.05) is 25.1 Å². The number of hydrogen-bond acceptors (Lipinski definition) is 6. The molecular formula is C25H25ClN2O5S. The maximum absolute atomic E-state index is 12.9. The fourth-order valence-electron chi connectivity index (χ4n) is 3.29. The van der Waals surface area contributed by atoms with E-state index in [4.69, 9.17) is 21.1 Å². The summed E-state index contributed by atoms with van der Waals surface area (Å²) in [5.41, 5.74) is 3.16. The molecule has 1 aliphatic heterocycles. The quantitative estimate of drug-likeness (QED) is 0.356. The Hall–Kier alpha value is -3.23. The highest BCUT2D eigenvalue weighted by Gasteiger charge is 2.36. The van der Waals surface area contributed by atoms with Crippen molar-refractivity contribution < 1.29 is 23.9 Å². The molecule has 1 saturated heterocycles. The highest BCUT2D eigenvalue weighted by molar-refractivity contribution is 8.18. The number of anilines is 1. The van der Waals surface area contributed by atoms with Gasteiger partial charge >= 0.3 is 0 Å². The van der Waals surface area contributed by atoms with Crippen LogP contribution in [0.25, 0.3) is 6.08 Å². The van der Waals surface area contributed by atoms with Gasteiger partial charge in [0.15, 0.2) is 11.5 Å². The first-order valence-corrected chi connectivity index (χ1v) is 11.8. The fraction of sp³-hybridized carbons (Fsp3) is 0.240. The van der Waals surface area contributed by atoms with E-state index in [0.717, 1.165) is 27.8 Å². The van der Waals surface area contributed by atoms with Gasteiger partial charge < -0.3 is 14.8 Å². The molecule has 7 nitrogen and oxygen atoms in total. The zero-order valence-electron chi connectivity index (χ0n) is 19.1. The van der Waals surface area contributed by atoms with Crippen molar-refractivity contribution in [2.45, 2.75) is 20.8 Å². The number of benzene rings is 2. The lowest BCUT2D eigenvalue weighted by molar-refractivity contribution is -0.127. The van der Waals surface area contributed by atoms with Crippen molar-refractivity contribution in [2.24, 2.45) is 0 Å². The molecule has 178 valence electrons. The number of imide groups is 1. The second kappa shape index (κ2) is 11.3. The lowest BCUT2D eigenvalue weighted by Crippen LogP contribution is -2.36. The van der Waals surface area contributed by atoms with Crippen LogP contribution in [0.2, 0.25) is 5.02 Å². The van der Waals surface area contributed by atoms with Gasteiger partial charge in [-0.15, -0.1) is 0 Å². The summed E-state index contributed by atoms with van der Waals surface area (Å²) in [6.45, 7) is 9.53. The molecule has 9 heteroatoms. The van der Waals surface area contributed by atoms with Crippen LogP contribution in [0.1, 0.15) is 23.6 Å². The summed E-state index contributed by atoms with van der Waals surface area (Å²) in [6, 6.07) is 8.89. The Bertz CT molecular complexity index is 1180. The first kappa shape index (κ1) is 25.4. The van der Waals surface area contributed by atoms with Crippen molar-refractivity contribution in [3.8, 4) is 11.5 Å². The lowest BCUT2D eigenvalue weighted by atomic mass is 10.1. The third-order valence-corrected chi connectivity index (χ3v) is 5.99. The number of nitrogens with one attached hydrogen (secondary N) is 1. The second-order valence-electron chi connectivity index (χ2n) is 7.50. The highest BCUT2D eigenvalue weighted by atomic mass is 35.5. The predicted octanol–water partition coefficient (Wildman–Crippen LogP) is 5.60. The number of carbonyl (C=O) groups excluding carboxylic acids is 3. The Labute approximate surface area is 207 Å². The van der Waals surface area contributed by atoms with E-state index in [0.29, 0.717) is 34.4 Å². The van der Waals surface area contributed by atoms with Gasteiger partial charge in [0.05, 0.1) is 16.5 Å². The van der Waals surface area contributed by atoms with E-state index in [2.05, 4.69) is 11.9 Å². The molecule has 1 aliphatic rings. The number of rotatable bonds is 9. The molecule has 3 rings (SSSR count). The number of ether oxygens (including phenoxy) is 2. The van der Waals surface area contributed by atoms with Crippen LogP contribution >= 0.6 is 23.4 Å². The minimum atomic E-state index is -0.549. The van der Waals surface area contributed by atoms with Crippen molar-refractivity contribution >= 4 is 52.2 Å². The molecule has 1 heterocycles. The zero-order chi connectivity index (χ0) is 24.8. The highest BCUT2D eigenvalue weighted by Crippen LogP contribution is 2.39. The number of aryl methyl sites for hydroxylation is 2. The molecule has 1 fully saturated rings. The molecule has 0 aromatic heterocycles. The average molecular weight is 501 g/mol. The topological polar surface area (TPSA) is 84.9 Å². The van der Waals surface area contributed by atoms with E-state index >= 15 is 0 Å². The molecule has 0 bridgehead atoms. The van der Waals surface area contributed by atoms with Crippen LogP contribution in [0.3, 0.4) is 0 Å². The largest absolute Gasteiger partial charge is 0.490 e. The Balaban J connectivity index is 1.77. The van der Waals surface area contributed by atoms with Gasteiger partial charge in [-0.2, -0.15) is 0 Å². The molecule has 0 aliphatic carbocycles. The Morgan fingerprint density at radius 2 is 1.97 bits per heavy atom. The Morgan fingerprint density at radius 3 is 2.65 bits per heavy atom. The Morgan fingerprint density at radius 1 is 1.21 bits per heavy atom. The van der Waals surface area contributed by atoms with Crippen LogP contribution in [0.15, 0.2) is 47.9 Å². The van der Waals surface area contributed by atoms with Crippen molar-refractivity contribution in [1.29, 1.82) is 0 Å². The van der Waals surface area contributed by atoms with E-state index in [-0.39, 0.29) is 18.1 Å². The van der Waals surface area contributed by atoms with E-state index in [1.807, 2.05) is 32.9 Å². The van der Waals surface area contributed by atoms with Crippen molar-refractivity contribution in [3.05, 3.63) is 69.6 Å². The van der Waals surface area contributed by atoms with E-state index in [1.54, 1.807) is 30.4 Å². The lowest BCUT2D eigenvalue weighted by Gasteiger charge is -2.14. The number of thioether (sulfide) groups is 1. The van der Waals surface area contributed by atoms with Gasteiger partial charge in [-0.3, -0.25) is 19.3 Å². The standard InChI is InChI=1S/C25H25ClN2O5S/c1-5-9-33-23-18(26)11-17(12-20(23)32-6-2)13-21-24(30)28(25(31)34-21)14-22(29)27-19-8-7-15(3)10-16(19)4/h5,7-8,10-13H,1,6,9,14H2,2-4H3,(H,27,29)/b21-13+. The number of halogens is 1. The summed E-state index contributed by atoms with van der Waals surface area (Å²) in [5, 5.41) is 2.53. The van der Waals surface area contributed by atoms with E-state index in [9.17, 15) is 14.4 Å². The summed E-state index contributed by atoms with van der Waals surface area (Å²) in [4.78, 5) is 38.9. The molecule has 0 spiro atoms. The fourth-order valence-corrected chi connectivity index (χ4v) is 4.40. The smallest absolute Gasteiger partial charge is 0.294 e. The van der Waals surface area contributed by atoms with Crippen LogP contribution < -0.4 is 14.8 Å². The number of hydrogen-bond donors (Lipinski definition) is 1. The molecule has 1 N–H and O–H groups in total. The normalized spacial score (nSPS) is 14.5. The van der Waals surface area contributed by atoms with Gasteiger partial charge in [0, 0.05) is 5.69 Å². The molecule has 0 unspecified atom stereocenters. The van der Waals surface area contributed by atoms with Crippen molar-refractivity contribution in [1.82, 2.24) is 4.90 Å². The maximum atomic E-state index is 12.9. The molecule has 2 aromatic rings. The summed E-state index contributed by atoms with van der Waals surface area (Å²) in [5.74, 6) is -0.223. The Kier molecular flexibility index (Phi) is 8.41. The average Bonchev–Trinajstić information content (AvgIpc) is 3.02. The monoisotopic (exact) mass is 500 g/mol. The van der Waals surface area contributed by atoms with E-state index in [1.165, 1.54) is 0 Å². The molecule has 0 saturated carbocycles. The van der Waals surface area contributed by atoms with Crippen LogP contribution in [-0.2, 0) is 9.59 Å². The zero-order valence-corrected chi connectivity index (χ0v) is 20.7. The SMILES string of the molecule is C=CCOc1c(Cl)cc(/C=C2/SC(=O)N(CC(=O)Nc3ccc(C)cc3C)C2=O)cc1OCC. The second-order valence-corrected chi connectivity index (χ2v) is 8.90. The molecule has 2 aromatic carbocycles. The van der Waals surface area contributed by atoms with Crippen LogP contribution in [-0.4, -0.2) is 41.7 Å². The first-order valence-electron chi connectivity index (χ1n) is 10.6. The predicted molar refractivity (Wildman–Crippen MR) is 136 cm³/mol. The summed E-state index contributed by atoms with van der Waals surface area (Å²) < 4.78 is 11.2. The summed E-state index contributed by atoms with van der Waals surface area (Å²) in [7, 11) is 0. The van der Waals surface area contributed by atoms with Crippen LogP contribution in [0.5, 0.6) is 11.5 Å². The van der Waals surface area contributed by atoms with Crippen molar-refractivity contribution in [3.63, 3.8) is 0 Å². The van der Waals surface area contributed by atoms with Gasteiger partial charge in [0.1, 0.15) is 13.2 Å². The molecule has 0 atom stereocenters. The third-order valence-electron chi connectivity index (χ3n) is 4.81. The molecule has 34 heavy (non-hydrogen) atoms. The molecule has 3 amide bonds. The van der Waals surface area contributed by atoms with Crippen LogP contribution in [0, 0.1) is 13.8 Å². The summed E-state index contributed by atoms with van der Waals surface area (Å²) >= 11 is 7.13. The van der Waals surface area contributed by atoms with Gasteiger partial charge in [-0.25, -0.2) is 0 Å². The first-order chi connectivity index (χ1) is 16.2. The van der Waals surface area contributed by atoms with Gasteiger partial charge in [0.25, 0.3) is 11.1 Å².